The van der Waals surface area contributed by atoms with Crippen molar-refractivity contribution in [1.29, 1.82) is 0 Å². The Morgan fingerprint density at radius 2 is 1.70 bits per heavy atom. The Balaban J connectivity index is 1.57. The molecule has 1 aliphatic heterocycles. The third-order valence-corrected chi connectivity index (χ3v) is 5.97. The topological polar surface area (TPSA) is 15.7 Å². The summed E-state index contributed by atoms with van der Waals surface area (Å²) in [6.07, 6.45) is 2.18. The van der Waals surface area contributed by atoms with Crippen molar-refractivity contribution in [1.82, 2.24) is 9.80 Å². The van der Waals surface area contributed by atoms with E-state index in [1.165, 1.54) is 35.7 Å². The lowest BCUT2D eigenvalue weighted by Gasteiger charge is -2.26. The zero-order chi connectivity index (χ0) is 18.9. The summed E-state index contributed by atoms with van der Waals surface area (Å²) in [6.45, 7) is 4.63. The van der Waals surface area contributed by atoms with E-state index in [4.69, 9.17) is 4.74 Å². The van der Waals surface area contributed by atoms with Crippen molar-refractivity contribution in [3.63, 3.8) is 0 Å². The molecule has 2 aromatic rings. The first-order valence-electron chi connectivity index (χ1n) is 9.96. The van der Waals surface area contributed by atoms with Gasteiger partial charge in [0.25, 0.3) is 0 Å². The van der Waals surface area contributed by atoms with Crippen LogP contribution >= 0.6 is 11.8 Å². The normalized spacial score (nSPS) is 16.4. The lowest BCUT2D eigenvalue weighted by atomic mass is 10.1. The van der Waals surface area contributed by atoms with Crippen molar-refractivity contribution < 1.29 is 4.74 Å². The van der Waals surface area contributed by atoms with Crippen LogP contribution in [0.5, 0.6) is 5.75 Å². The lowest BCUT2D eigenvalue weighted by Crippen LogP contribution is -2.34. The maximum atomic E-state index is 6.36. The Hall–Kier alpha value is -1.49. The minimum Gasteiger partial charge on any atom is -0.486 e. The van der Waals surface area contributed by atoms with Gasteiger partial charge in [-0.25, -0.2) is 0 Å². The van der Waals surface area contributed by atoms with Crippen molar-refractivity contribution in [2.45, 2.75) is 18.9 Å². The highest BCUT2D eigenvalue weighted by Gasteiger charge is 2.14. The van der Waals surface area contributed by atoms with E-state index in [9.17, 15) is 0 Å². The van der Waals surface area contributed by atoms with Crippen LogP contribution < -0.4 is 4.74 Å². The number of benzene rings is 2. The SMILES string of the molecule is CN(C)CCC(Oc1ccc(CCN2CCSCC2)cc1)c1ccccc1. The average Bonchev–Trinajstić information content (AvgIpc) is 2.72. The lowest BCUT2D eigenvalue weighted by molar-refractivity contribution is 0.179. The summed E-state index contributed by atoms with van der Waals surface area (Å²) in [5, 5.41) is 0. The van der Waals surface area contributed by atoms with Crippen molar-refractivity contribution in [2.24, 2.45) is 0 Å². The maximum absolute atomic E-state index is 6.36. The highest BCUT2D eigenvalue weighted by molar-refractivity contribution is 7.99. The number of hydrogen-bond acceptors (Lipinski definition) is 4. The molecular formula is C23H32N2OS. The standard InChI is InChI=1S/C23H32N2OS/c1-24(2)14-13-23(21-6-4-3-5-7-21)26-22-10-8-20(9-11-22)12-15-25-16-18-27-19-17-25/h3-11,23H,12-19H2,1-2H3. The molecule has 4 heteroatoms. The van der Waals surface area contributed by atoms with Gasteiger partial charge in [-0.15, -0.1) is 0 Å². The summed E-state index contributed by atoms with van der Waals surface area (Å²) in [6, 6.07) is 19.3. The van der Waals surface area contributed by atoms with Crippen LogP contribution in [0.3, 0.4) is 0 Å². The van der Waals surface area contributed by atoms with Gasteiger partial charge in [0.15, 0.2) is 0 Å². The minimum atomic E-state index is 0.0882. The fraction of sp³-hybridized carbons (Fsp3) is 0.478. The fourth-order valence-corrected chi connectivity index (χ4v) is 4.33. The minimum absolute atomic E-state index is 0.0882. The largest absolute Gasteiger partial charge is 0.486 e. The molecule has 3 rings (SSSR count). The second-order valence-corrected chi connectivity index (χ2v) is 8.68. The number of thioether (sulfide) groups is 1. The third kappa shape index (κ3) is 6.87. The smallest absolute Gasteiger partial charge is 0.125 e. The predicted molar refractivity (Wildman–Crippen MR) is 117 cm³/mol. The van der Waals surface area contributed by atoms with Crippen molar-refractivity contribution >= 4 is 11.8 Å². The second-order valence-electron chi connectivity index (χ2n) is 7.46. The summed E-state index contributed by atoms with van der Waals surface area (Å²) < 4.78 is 6.36. The second kappa shape index (κ2) is 10.7. The molecule has 1 saturated heterocycles. The van der Waals surface area contributed by atoms with Gasteiger partial charge in [-0.05, 0) is 43.8 Å². The molecule has 1 unspecified atom stereocenters. The molecule has 0 N–H and O–H groups in total. The van der Waals surface area contributed by atoms with Crippen molar-refractivity contribution in [3.8, 4) is 5.75 Å². The number of nitrogens with zero attached hydrogens (tertiary/aromatic N) is 2. The van der Waals surface area contributed by atoms with Crippen LogP contribution in [0.4, 0.5) is 0 Å². The summed E-state index contributed by atoms with van der Waals surface area (Å²) in [7, 11) is 4.22. The molecule has 27 heavy (non-hydrogen) atoms. The first-order chi connectivity index (χ1) is 13.2. The Kier molecular flexibility index (Phi) is 8.06. The van der Waals surface area contributed by atoms with E-state index in [2.05, 4.69) is 90.3 Å². The van der Waals surface area contributed by atoms with Gasteiger partial charge in [-0.2, -0.15) is 11.8 Å². The van der Waals surface area contributed by atoms with Crippen LogP contribution in [0.25, 0.3) is 0 Å². The van der Waals surface area contributed by atoms with E-state index in [1.807, 2.05) is 0 Å². The molecule has 146 valence electrons. The van der Waals surface area contributed by atoms with E-state index in [-0.39, 0.29) is 6.10 Å². The zero-order valence-electron chi connectivity index (χ0n) is 16.6. The van der Waals surface area contributed by atoms with Crippen LogP contribution in [-0.2, 0) is 6.42 Å². The number of hydrogen-bond donors (Lipinski definition) is 0. The highest BCUT2D eigenvalue weighted by Crippen LogP contribution is 2.25. The van der Waals surface area contributed by atoms with Gasteiger partial charge >= 0.3 is 0 Å². The molecule has 1 heterocycles. The summed E-state index contributed by atoms with van der Waals surface area (Å²) >= 11 is 2.07. The van der Waals surface area contributed by atoms with Crippen molar-refractivity contribution in [3.05, 3.63) is 65.7 Å². The van der Waals surface area contributed by atoms with Gasteiger partial charge in [0.1, 0.15) is 11.9 Å². The molecule has 0 spiro atoms. The number of ether oxygens (including phenoxy) is 1. The molecule has 1 atom stereocenters. The molecule has 3 nitrogen and oxygen atoms in total. The van der Waals surface area contributed by atoms with Gasteiger partial charge in [-0.3, -0.25) is 0 Å². The van der Waals surface area contributed by atoms with E-state index in [0.29, 0.717) is 0 Å². The Morgan fingerprint density at radius 3 is 2.37 bits per heavy atom. The Labute approximate surface area is 168 Å². The van der Waals surface area contributed by atoms with E-state index < -0.39 is 0 Å². The van der Waals surface area contributed by atoms with Gasteiger partial charge in [-0.1, -0.05) is 42.5 Å². The average molecular weight is 385 g/mol. The molecular weight excluding hydrogens is 352 g/mol. The van der Waals surface area contributed by atoms with E-state index in [0.717, 1.165) is 31.7 Å². The quantitative estimate of drug-likeness (QED) is 0.638. The van der Waals surface area contributed by atoms with E-state index >= 15 is 0 Å². The Bertz CT molecular complexity index is 654. The van der Waals surface area contributed by atoms with Gasteiger partial charge < -0.3 is 14.5 Å². The Morgan fingerprint density at radius 1 is 1.00 bits per heavy atom. The molecule has 0 aromatic heterocycles. The van der Waals surface area contributed by atoms with Gasteiger partial charge in [0.2, 0.25) is 0 Å². The highest BCUT2D eigenvalue weighted by atomic mass is 32.2. The van der Waals surface area contributed by atoms with Crippen LogP contribution in [0.15, 0.2) is 54.6 Å². The molecule has 0 radical (unpaired) electrons. The van der Waals surface area contributed by atoms with Crippen LogP contribution in [0.1, 0.15) is 23.7 Å². The third-order valence-electron chi connectivity index (χ3n) is 5.03. The molecule has 0 aliphatic carbocycles. The molecule has 1 aliphatic rings. The van der Waals surface area contributed by atoms with Gasteiger partial charge in [0, 0.05) is 44.1 Å². The fourth-order valence-electron chi connectivity index (χ4n) is 3.35. The van der Waals surface area contributed by atoms with Crippen LogP contribution in [0, 0.1) is 0 Å². The van der Waals surface area contributed by atoms with Gasteiger partial charge in [0.05, 0.1) is 0 Å². The van der Waals surface area contributed by atoms with Crippen LogP contribution in [0.2, 0.25) is 0 Å². The summed E-state index contributed by atoms with van der Waals surface area (Å²) in [5.41, 5.74) is 2.64. The van der Waals surface area contributed by atoms with Crippen molar-refractivity contribution in [2.75, 3.05) is 51.8 Å². The molecule has 2 aromatic carbocycles. The summed E-state index contributed by atoms with van der Waals surface area (Å²) in [4.78, 5) is 4.79. The van der Waals surface area contributed by atoms with Crippen LogP contribution in [-0.4, -0.2) is 61.6 Å². The van der Waals surface area contributed by atoms with E-state index in [1.54, 1.807) is 0 Å². The predicted octanol–water partition coefficient (Wildman–Crippen LogP) is 4.35. The first kappa shape index (κ1) is 20.2. The molecule has 0 bridgehead atoms. The first-order valence-corrected chi connectivity index (χ1v) is 11.1. The molecule has 1 fully saturated rings. The monoisotopic (exact) mass is 384 g/mol. The number of rotatable bonds is 9. The summed E-state index contributed by atoms with van der Waals surface area (Å²) in [5.74, 6) is 3.52. The molecule has 0 saturated carbocycles. The zero-order valence-corrected chi connectivity index (χ0v) is 17.5. The molecule has 0 amide bonds. The maximum Gasteiger partial charge on any atom is 0.125 e.